The Hall–Kier alpha value is -0.880. The molecular formula is C13H21N3O2S. The molecule has 1 aliphatic carbocycles. The van der Waals surface area contributed by atoms with Crippen LogP contribution in [0.5, 0.6) is 0 Å². The Morgan fingerprint density at radius 3 is 2.84 bits per heavy atom. The van der Waals surface area contributed by atoms with Crippen molar-refractivity contribution in [2.75, 3.05) is 6.54 Å². The Labute approximate surface area is 114 Å². The van der Waals surface area contributed by atoms with Crippen molar-refractivity contribution in [2.45, 2.75) is 50.0 Å². The zero-order valence-electron chi connectivity index (χ0n) is 11.2. The summed E-state index contributed by atoms with van der Waals surface area (Å²) in [5.74, 6) is 1.17. The molecule has 1 saturated carbocycles. The normalized spacial score (nSPS) is 33.0. The molecule has 0 amide bonds. The van der Waals surface area contributed by atoms with Crippen LogP contribution in [0.25, 0.3) is 0 Å². The SMILES string of the molecule is CC1CCN(S(=O)(=O)c2cn[nH]c2)C2CCCCC12. The van der Waals surface area contributed by atoms with E-state index in [0.717, 1.165) is 19.3 Å². The highest BCUT2D eigenvalue weighted by atomic mass is 32.2. The number of sulfonamides is 1. The van der Waals surface area contributed by atoms with Crippen molar-refractivity contribution in [2.24, 2.45) is 11.8 Å². The topological polar surface area (TPSA) is 66.1 Å². The fraction of sp³-hybridized carbons (Fsp3) is 0.769. The highest BCUT2D eigenvalue weighted by Gasteiger charge is 2.43. The lowest BCUT2D eigenvalue weighted by Gasteiger charge is -2.46. The van der Waals surface area contributed by atoms with Crippen LogP contribution >= 0.6 is 0 Å². The summed E-state index contributed by atoms with van der Waals surface area (Å²) in [6.45, 7) is 2.92. The maximum atomic E-state index is 12.7. The molecule has 19 heavy (non-hydrogen) atoms. The summed E-state index contributed by atoms with van der Waals surface area (Å²) in [5, 5.41) is 6.37. The molecule has 3 atom stereocenters. The summed E-state index contributed by atoms with van der Waals surface area (Å²) in [7, 11) is -3.37. The first kappa shape index (κ1) is 13.1. The highest BCUT2D eigenvalue weighted by Crippen LogP contribution is 2.40. The van der Waals surface area contributed by atoms with E-state index in [0.29, 0.717) is 23.3 Å². The monoisotopic (exact) mass is 283 g/mol. The lowest BCUT2D eigenvalue weighted by atomic mass is 9.74. The Morgan fingerprint density at radius 1 is 1.32 bits per heavy atom. The van der Waals surface area contributed by atoms with Crippen LogP contribution in [0.3, 0.4) is 0 Å². The molecule has 1 N–H and O–H groups in total. The van der Waals surface area contributed by atoms with Crippen LogP contribution in [0, 0.1) is 11.8 Å². The fourth-order valence-corrected chi connectivity index (χ4v) is 5.31. The van der Waals surface area contributed by atoms with Gasteiger partial charge in [-0.2, -0.15) is 9.40 Å². The van der Waals surface area contributed by atoms with Crippen LogP contribution in [0.15, 0.2) is 17.3 Å². The number of piperidine rings is 1. The molecule has 0 spiro atoms. The Balaban J connectivity index is 1.92. The smallest absolute Gasteiger partial charge is 0.246 e. The van der Waals surface area contributed by atoms with Crippen molar-refractivity contribution in [1.29, 1.82) is 0 Å². The Bertz CT molecular complexity index is 526. The minimum atomic E-state index is -3.37. The van der Waals surface area contributed by atoms with E-state index < -0.39 is 10.0 Å². The summed E-state index contributed by atoms with van der Waals surface area (Å²) in [4.78, 5) is 0.298. The van der Waals surface area contributed by atoms with E-state index in [1.165, 1.54) is 25.2 Å². The molecule has 1 aromatic rings. The Kier molecular flexibility index (Phi) is 3.39. The lowest BCUT2D eigenvalue weighted by Crippen LogP contribution is -2.52. The lowest BCUT2D eigenvalue weighted by molar-refractivity contribution is 0.0827. The second-order valence-corrected chi connectivity index (χ2v) is 7.72. The van der Waals surface area contributed by atoms with Gasteiger partial charge in [-0.1, -0.05) is 19.8 Å². The first-order chi connectivity index (χ1) is 9.10. The predicted molar refractivity (Wildman–Crippen MR) is 72.0 cm³/mol. The zero-order valence-corrected chi connectivity index (χ0v) is 12.1. The highest BCUT2D eigenvalue weighted by molar-refractivity contribution is 7.89. The summed E-state index contributed by atoms with van der Waals surface area (Å²) in [6.07, 6.45) is 8.42. The van der Waals surface area contributed by atoms with Crippen molar-refractivity contribution >= 4 is 10.0 Å². The van der Waals surface area contributed by atoms with Crippen LogP contribution < -0.4 is 0 Å². The average molecular weight is 283 g/mol. The van der Waals surface area contributed by atoms with E-state index in [-0.39, 0.29) is 6.04 Å². The number of nitrogens with one attached hydrogen (secondary N) is 1. The molecule has 3 rings (SSSR count). The van der Waals surface area contributed by atoms with Gasteiger partial charge in [0.1, 0.15) is 4.90 Å². The third-order valence-corrected chi connectivity index (χ3v) is 6.66. The van der Waals surface area contributed by atoms with E-state index in [1.54, 1.807) is 4.31 Å². The van der Waals surface area contributed by atoms with E-state index in [1.807, 2.05) is 0 Å². The molecule has 1 saturated heterocycles. The van der Waals surface area contributed by atoms with Crippen LogP contribution in [-0.2, 0) is 10.0 Å². The third kappa shape index (κ3) is 2.21. The average Bonchev–Trinajstić information content (AvgIpc) is 2.94. The standard InChI is InChI=1S/C13H21N3O2S/c1-10-6-7-16(13-5-3-2-4-12(10)13)19(17,18)11-8-14-15-9-11/h8-10,12-13H,2-7H2,1H3,(H,14,15). The molecule has 0 aromatic carbocycles. The third-order valence-electron chi connectivity index (χ3n) is 4.77. The van der Waals surface area contributed by atoms with E-state index in [4.69, 9.17) is 0 Å². The van der Waals surface area contributed by atoms with Crippen molar-refractivity contribution in [1.82, 2.24) is 14.5 Å². The van der Waals surface area contributed by atoms with Gasteiger partial charge in [-0.05, 0) is 31.1 Å². The summed E-state index contributed by atoms with van der Waals surface area (Å²) in [6, 6.07) is 0.192. The predicted octanol–water partition coefficient (Wildman–Crippen LogP) is 2.00. The van der Waals surface area contributed by atoms with Crippen molar-refractivity contribution in [3.8, 4) is 0 Å². The molecule has 0 bridgehead atoms. The van der Waals surface area contributed by atoms with Crippen LogP contribution in [0.1, 0.15) is 39.0 Å². The molecule has 2 fully saturated rings. The molecule has 2 aliphatic rings. The number of aromatic amines is 1. The molecule has 106 valence electrons. The zero-order chi connectivity index (χ0) is 13.5. The number of hydrogen-bond acceptors (Lipinski definition) is 3. The molecular weight excluding hydrogens is 262 g/mol. The van der Waals surface area contributed by atoms with Gasteiger partial charge in [0.05, 0.1) is 6.20 Å². The molecule has 6 heteroatoms. The molecule has 1 aromatic heterocycles. The first-order valence-corrected chi connectivity index (χ1v) is 8.55. The van der Waals surface area contributed by atoms with E-state index in [2.05, 4.69) is 17.1 Å². The molecule has 2 heterocycles. The molecule has 1 aliphatic heterocycles. The number of hydrogen-bond donors (Lipinski definition) is 1. The molecule has 0 radical (unpaired) electrons. The number of nitrogens with zero attached hydrogens (tertiary/aromatic N) is 2. The van der Waals surface area contributed by atoms with Gasteiger partial charge in [-0.25, -0.2) is 8.42 Å². The van der Waals surface area contributed by atoms with Gasteiger partial charge >= 0.3 is 0 Å². The number of rotatable bonds is 2. The van der Waals surface area contributed by atoms with Gasteiger partial charge in [0.15, 0.2) is 0 Å². The van der Waals surface area contributed by atoms with Crippen molar-refractivity contribution < 1.29 is 8.42 Å². The summed E-state index contributed by atoms with van der Waals surface area (Å²) in [5.41, 5.74) is 0. The number of fused-ring (bicyclic) bond motifs is 1. The second kappa shape index (κ2) is 4.90. The van der Waals surface area contributed by atoms with Gasteiger partial charge in [0.25, 0.3) is 0 Å². The summed E-state index contributed by atoms with van der Waals surface area (Å²) < 4.78 is 27.1. The van der Waals surface area contributed by atoms with Crippen molar-refractivity contribution in [3.63, 3.8) is 0 Å². The second-order valence-electron chi connectivity index (χ2n) is 5.83. The van der Waals surface area contributed by atoms with Crippen LogP contribution in [0.4, 0.5) is 0 Å². The van der Waals surface area contributed by atoms with E-state index in [9.17, 15) is 8.42 Å². The first-order valence-electron chi connectivity index (χ1n) is 7.11. The van der Waals surface area contributed by atoms with Crippen molar-refractivity contribution in [3.05, 3.63) is 12.4 Å². The van der Waals surface area contributed by atoms with E-state index >= 15 is 0 Å². The Morgan fingerprint density at radius 2 is 2.11 bits per heavy atom. The van der Waals surface area contributed by atoms with Gasteiger partial charge in [-0.3, -0.25) is 5.10 Å². The number of H-pyrrole nitrogens is 1. The summed E-state index contributed by atoms with van der Waals surface area (Å²) >= 11 is 0. The minimum absolute atomic E-state index is 0.192. The molecule has 3 unspecified atom stereocenters. The quantitative estimate of drug-likeness (QED) is 0.902. The van der Waals surface area contributed by atoms with Crippen LogP contribution in [-0.4, -0.2) is 35.5 Å². The van der Waals surface area contributed by atoms with Crippen LogP contribution in [0.2, 0.25) is 0 Å². The van der Waals surface area contributed by atoms with Gasteiger partial charge in [0, 0.05) is 18.8 Å². The maximum Gasteiger partial charge on any atom is 0.246 e. The van der Waals surface area contributed by atoms with Gasteiger partial charge in [0.2, 0.25) is 10.0 Å². The van der Waals surface area contributed by atoms with Gasteiger partial charge < -0.3 is 0 Å². The molecule has 5 nitrogen and oxygen atoms in total. The maximum absolute atomic E-state index is 12.7. The largest absolute Gasteiger partial charge is 0.284 e. The number of aromatic nitrogens is 2. The fourth-order valence-electron chi connectivity index (χ4n) is 3.69. The minimum Gasteiger partial charge on any atom is -0.284 e. The van der Waals surface area contributed by atoms with Gasteiger partial charge in [-0.15, -0.1) is 0 Å².